The van der Waals surface area contributed by atoms with Crippen LogP contribution in [0.25, 0.3) is 0 Å². The molecular formula is C12H27NO. The minimum atomic E-state index is 0.311. The topological polar surface area (TPSA) is 32.3 Å². The second-order valence-electron chi connectivity index (χ2n) is 4.58. The fourth-order valence-electron chi connectivity index (χ4n) is 1.80. The van der Waals surface area contributed by atoms with E-state index in [0.717, 1.165) is 18.8 Å². The fourth-order valence-corrected chi connectivity index (χ4v) is 1.80. The summed E-state index contributed by atoms with van der Waals surface area (Å²) in [6.45, 7) is 9.30. The van der Waals surface area contributed by atoms with Gasteiger partial charge in [-0.1, -0.05) is 20.3 Å². The molecule has 2 nitrogen and oxygen atoms in total. The van der Waals surface area contributed by atoms with Crippen molar-refractivity contribution in [1.29, 1.82) is 0 Å². The van der Waals surface area contributed by atoms with E-state index < -0.39 is 0 Å². The number of aliphatic hydroxyl groups is 1. The molecule has 0 spiro atoms. The predicted molar refractivity (Wildman–Crippen MR) is 62.5 cm³/mol. The van der Waals surface area contributed by atoms with Crippen LogP contribution in [-0.2, 0) is 0 Å². The molecule has 86 valence electrons. The molecule has 0 aromatic heterocycles. The van der Waals surface area contributed by atoms with Crippen molar-refractivity contribution in [2.45, 2.75) is 65.5 Å². The molecule has 3 unspecified atom stereocenters. The number of hydrogen-bond acceptors (Lipinski definition) is 2. The van der Waals surface area contributed by atoms with Crippen molar-refractivity contribution in [2.24, 2.45) is 5.92 Å². The summed E-state index contributed by atoms with van der Waals surface area (Å²) in [6.07, 6.45) is 4.49. The fraction of sp³-hybridized carbons (Fsp3) is 1.00. The normalized spacial score (nSPS) is 17.8. The molecule has 0 aromatic carbocycles. The molecule has 0 radical (unpaired) electrons. The summed E-state index contributed by atoms with van der Waals surface area (Å²) in [5.41, 5.74) is 0. The molecule has 0 aliphatic rings. The third-order valence-corrected chi connectivity index (χ3v) is 2.82. The lowest BCUT2D eigenvalue weighted by Crippen LogP contribution is -2.35. The Morgan fingerprint density at radius 3 is 2.29 bits per heavy atom. The molecule has 0 saturated carbocycles. The van der Waals surface area contributed by atoms with Crippen molar-refractivity contribution in [3.63, 3.8) is 0 Å². The minimum absolute atomic E-state index is 0.311. The Morgan fingerprint density at radius 2 is 1.79 bits per heavy atom. The third kappa shape index (κ3) is 7.34. The van der Waals surface area contributed by atoms with Gasteiger partial charge >= 0.3 is 0 Å². The Morgan fingerprint density at radius 1 is 1.14 bits per heavy atom. The molecular weight excluding hydrogens is 174 g/mol. The second kappa shape index (κ2) is 8.25. The van der Waals surface area contributed by atoms with Gasteiger partial charge in [-0.25, -0.2) is 0 Å². The maximum absolute atomic E-state index is 8.70. The summed E-state index contributed by atoms with van der Waals surface area (Å²) in [5.74, 6) is 0.808. The van der Waals surface area contributed by atoms with E-state index in [1.165, 1.54) is 12.8 Å². The SMILES string of the molecule is CCC(C)CC(C)NC(C)CCCO. The Balaban J connectivity index is 3.54. The first-order valence-electron chi connectivity index (χ1n) is 5.97. The van der Waals surface area contributed by atoms with E-state index in [9.17, 15) is 0 Å². The van der Waals surface area contributed by atoms with Gasteiger partial charge in [0.1, 0.15) is 0 Å². The van der Waals surface area contributed by atoms with Crippen LogP contribution < -0.4 is 5.32 Å². The summed E-state index contributed by atoms with van der Waals surface area (Å²) < 4.78 is 0. The molecule has 0 saturated heterocycles. The molecule has 0 bridgehead atoms. The first-order chi connectivity index (χ1) is 6.60. The Labute approximate surface area is 89.1 Å². The van der Waals surface area contributed by atoms with Gasteiger partial charge < -0.3 is 10.4 Å². The highest BCUT2D eigenvalue weighted by Crippen LogP contribution is 2.10. The first-order valence-corrected chi connectivity index (χ1v) is 5.97. The smallest absolute Gasteiger partial charge is 0.0431 e. The molecule has 0 aliphatic carbocycles. The van der Waals surface area contributed by atoms with Gasteiger partial charge in [0.05, 0.1) is 0 Å². The van der Waals surface area contributed by atoms with Gasteiger partial charge in [-0.05, 0) is 39.0 Å². The zero-order valence-electron chi connectivity index (χ0n) is 10.2. The van der Waals surface area contributed by atoms with E-state index in [2.05, 4.69) is 33.0 Å². The van der Waals surface area contributed by atoms with Crippen LogP contribution in [0.1, 0.15) is 53.4 Å². The lowest BCUT2D eigenvalue weighted by atomic mass is 9.99. The number of rotatable bonds is 8. The van der Waals surface area contributed by atoms with E-state index in [0.29, 0.717) is 18.7 Å². The third-order valence-electron chi connectivity index (χ3n) is 2.82. The highest BCUT2D eigenvalue weighted by atomic mass is 16.2. The summed E-state index contributed by atoms with van der Waals surface area (Å²) in [6, 6.07) is 1.12. The molecule has 0 heterocycles. The van der Waals surface area contributed by atoms with Gasteiger partial charge in [-0.3, -0.25) is 0 Å². The Hall–Kier alpha value is -0.0800. The van der Waals surface area contributed by atoms with Crippen molar-refractivity contribution < 1.29 is 5.11 Å². The van der Waals surface area contributed by atoms with Crippen LogP contribution in [0.15, 0.2) is 0 Å². The Kier molecular flexibility index (Phi) is 8.20. The first kappa shape index (κ1) is 13.9. The van der Waals surface area contributed by atoms with Crippen LogP contribution in [0.3, 0.4) is 0 Å². The summed E-state index contributed by atoms with van der Waals surface area (Å²) in [5, 5.41) is 12.3. The molecule has 2 heteroatoms. The number of aliphatic hydroxyl groups excluding tert-OH is 1. The van der Waals surface area contributed by atoms with Gasteiger partial charge in [-0.15, -0.1) is 0 Å². The highest BCUT2D eigenvalue weighted by Gasteiger charge is 2.09. The lowest BCUT2D eigenvalue weighted by Gasteiger charge is -2.22. The largest absolute Gasteiger partial charge is 0.396 e. The van der Waals surface area contributed by atoms with E-state index in [1.807, 2.05) is 0 Å². The molecule has 0 rings (SSSR count). The minimum Gasteiger partial charge on any atom is -0.396 e. The summed E-state index contributed by atoms with van der Waals surface area (Å²) in [7, 11) is 0. The van der Waals surface area contributed by atoms with Crippen LogP contribution in [-0.4, -0.2) is 23.8 Å². The van der Waals surface area contributed by atoms with Crippen LogP contribution in [0, 0.1) is 5.92 Å². The van der Waals surface area contributed by atoms with Crippen molar-refractivity contribution in [3.05, 3.63) is 0 Å². The van der Waals surface area contributed by atoms with Gasteiger partial charge in [0.15, 0.2) is 0 Å². The van der Waals surface area contributed by atoms with Gasteiger partial charge in [0.25, 0.3) is 0 Å². The number of nitrogens with one attached hydrogen (secondary N) is 1. The van der Waals surface area contributed by atoms with E-state index >= 15 is 0 Å². The molecule has 2 N–H and O–H groups in total. The molecule has 0 fully saturated rings. The standard InChI is InChI=1S/C12H27NO/c1-5-10(2)9-12(4)13-11(3)7-6-8-14/h10-14H,5-9H2,1-4H3. The van der Waals surface area contributed by atoms with Crippen LogP contribution in [0.5, 0.6) is 0 Å². The van der Waals surface area contributed by atoms with Crippen molar-refractivity contribution >= 4 is 0 Å². The quantitative estimate of drug-likeness (QED) is 0.632. The van der Waals surface area contributed by atoms with Gasteiger partial charge in [0, 0.05) is 18.7 Å². The molecule has 3 atom stereocenters. The zero-order chi connectivity index (χ0) is 11.0. The van der Waals surface area contributed by atoms with Crippen LogP contribution in [0.4, 0.5) is 0 Å². The predicted octanol–water partition coefficient (Wildman–Crippen LogP) is 2.56. The number of hydrogen-bond donors (Lipinski definition) is 2. The van der Waals surface area contributed by atoms with Crippen molar-refractivity contribution in [1.82, 2.24) is 5.32 Å². The van der Waals surface area contributed by atoms with Crippen molar-refractivity contribution in [3.8, 4) is 0 Å². The van der Waals surface area contributed by atoms with Crippen molar-refractivity contribution in [2.75, 3.05) is 6.61 Å². The second-order valence-corrected chi connectivity index (χ2v) is 4.58. The van der Waals surface area contributed by atoms with E-state index in [1.54, 1.807) is 0 Å². The monoisotopic (exact) mass is 201 g/mol. The summed E-state index contributed by atoms with van der Waals surface area (Å²) in [4.78, 5) is 0. The summed E-state index contributed by atoms with van der Waals surface area (Å²) >= 11 is 0. The van der Waals surface area contributed by atoms with Gasteiger partial charge in [0.2, 0.25) is 0 Å². The van der Waals surface area contributed by atoms with E-state index in [4.69, 9.17) is 5.11 Å². The van der Waals surface area contributed by atoms with Gasteiger partial charge in [-0.2, -0.15) is 0 Å². The zero-order valence-corrected chi connectivity index (χ0v) is 10.2. The molecule has 0 amide bonds. The van der Waals surface area contributed by atoms with Crippen LogP contribution >= 0.6 is 0 Å². The van der Waals surface area contributed by atoms with E-state index in [-0.39, 0.29) is 0 Å². The lowest BCUT2D eigenvalue weighted by molar-refractivity contribution is 0.271. The average Bonchev–Trinajstić information content (AvgIpc) is 2.14. The average molecular weight is 201 g/mol. The molecule has 0 aliphatic heterocycles. The Bertz CT molecular complexity index is 127. The highest BCUT2D eigenvalue weighted by molar-refractivity contribution is 4.69. The van der Waals surface area contributed by atoms with Crippen LogP contribution in [0.2, 0.25) is 0 Å². The molecule has 0 aromatic rings. The molecule has 14 heavy (non-hydrogen) atoms. The maximum atomic E-state index is 8.70. The maximum Gasteiger partial charge on any atom is 0.0431 e.